The Morgan fingerprint density at radius 2 is 2.06 bits per heavy atom. The smallest absolute Gasteiger partial charge is 0.0465 e. The van der Waals surface area contributed by atoms with Crippen LogP contribution in [0.2, 0.25) is 10.0 Å². The molecule has 0 radical (unpaired) electrons. The zero-order valence-corrected chi connectivity index (χ0v) is 11.8. The Hall–Kier alpha value is -0.280. The fourth-order valence-electron chi connectivity index (χ4n) is 2.64. The molecular weight excluding hydrogens is 267 g/mol. The molecule has 1 saturated carbocycles. The minimum atomic E-state index is 0.609. The molecule has 1 N–H and O–H groups in total. The Labute approximate surface area is 118 Å². The first-order valence-electron chi connectivity index (χ1n) is 6.64. The molecule has 1 heterocycles. The largest absolute Gasteiger partial charge is 0.309 e. The van der Waals surface area contributed by atoms with Gasteiger partial charge in [-0.2, -0.15) is 0 Å². The third-order valence-electron chi connectivity index (χ3n) is 3.88. The molecule has 0 spiro atoms. The number of rotatable bonds is 4. The fourth-order valence-corrected chi connectivity index (χ4v) is 3.12. The first kappa shape index (κ1) is 12.7. The third-order valence-corrected chi connectivity index (χ3v) is 4.47. The molecule has 2 nitrogen and oxygen atoms in total. The van der Waals surface area contributed by atoms with Gasteiger partial charge in [-0.05, 0) is 37.0 Å². The first-order chi connectivity index (χ1) is 8.72. The molecule has 98 valence electrons. The highest BCUT2D eigenvalue weighted by atomic mass is 35.5. The summed E-state index contributed by atoms with van der Waals surface area (Å²) in [7, 11) is 0. The van der Waals surface area contributed by atoms with Crippen molar-refractivity contribution < 1.29 is 0 Å². The maximum Gasteiger partial charge on any atom is 0.0465 e. The highest BCUT2D eigenvalue weighted by Crippen LogP contribution is 2.30. The van der Waals surface area contributed by atoms with Crippen LogP contribution in [0.1, 0.15) is 24.8 Å². The molecule has 1 aliphatic heterocycles. The number of hydrogen-bond donors (Lipinski definition) is 1. The summed E-state index contributed by atoms with van der Waals surface area (Å²) in [6, 6.07) is 7.21. The van der Waals surface area contributed by atoms with Crippen LogP contribution in [0.15, 0.2) is 18.2 Å². The number of nitrogens with one attached hydrogen (secondary N) is 1. The van der Waals surface area contributed by atoms with Crippen molar-refractivity contribution in [3.05, 3.63) is 33.8 Å². The van der Waals surface area contributed by atoms with Gasteiger partial charge in [0.05, 0.1) is 0 Å². The Morgan fingerprint density at radius 3 is 2.78 bits per heavy atom. The van der Waals surface area contributed by atoms with Gasteiger partial charge in [-0.3, -0.25) is 4.90 Å². The van der Waals surface area contributed by atoms with Crippen LogP contribution in [0.25, 0.3) is 0 Å². The Balaban J connectivity index is 1.51. The van der Waals surface area contributed by atoms with Crippen molar-refractivity contribution in [2.24, 2.45) is 0 Å². The minimum Gasteiger partial charge on any atom is -0.309 e. The van der Waals surface area contributed by atoms with Crippen molar-refractivity contribution in [2.75, 3.05) is 13.1 Å². The molecule has 2 fully saturated rings. The molecule has 3 rings (SSSR count). The maximum atomic E-state index is 6.17. The third kappa shape index (κ3) is 3.00. The van der Waals surface area contributed by atoms with Gasteiger partial charge in [0.2, 0.25) is 0 Å². The van der Waals surface area contributed by atoms with Gasteiger partial charge >= 0.3 is 0 Å². The number of likely N-dealkylation sites (tertiary alicyclic amines) is 1. The van der Waals surface area contributed by atoms with E-state index in [1.807, 2.05) is 18.2 Å². The zero-order valence-electron chi connectivity index (χ0n) is 10.3. The lowest BCUT2D eigenvalue weighted by molar-refractivity contribution is 0.317. The predicted molar refractivity (Wildman–Crippen MR) is 76.3 cm³/mol. The average Bonchev–Trinajstić information content (AvgIpc) is 3.08. The lowest BCUT2D eigenvalue weighted by Gasteiger charge is -2.16. The Morgan fingerprint density at radius 1 is 1.22 bits per heavy atom. The SMILES string of the molecule is Clc1ccc(CNC2CCN(C3CC3)C2)c(Cl)c1. The molecule has 1 saturated heterocycles. The summed E-state index contributed by atoms with van der Waals surface area (Å²) >= 11 is 12.1. The van der Waals surface area contributed by atoms with Crippen LogP contribution in [0.5, 0.6) is 0 Å². The van der Waals surface area contributed by atoms with Crippen molar-refractivity contribution in [3.8, 4) is 0 Å². The minimum absolute atomic E-state index is 0.609. The standard InChI is InChI=1S/C14H18Cl2N2/c15-11-2-1-10(14(16)7-11)8-17-12-5-6-18(9-12)13-3-4-13/h1-2,7,12-13,17H,3-6,8-9H2. The number of benzene rings is 1. The van der Waals surface area contributed by atoms with Crippen LogP contribution in [-0.4, -0.2) is 30.1 Å². The summed E-state index contributed by atoms with van der Waals surface area (Å²) in [6.07, 6.45) is 4.05. The highest BCUT2D eigenvalue weighted by Gasteiger charge is 2.34. The monoisotopic (exact) mass is 284 g/mol. The second-order valence-electron chi connectivity index (χ2n) is 5.33. The van der Waals surface area contributed by atoms with E-state index < -0.39 is 0 Å². The Kier molecular flexibility index (Phi) is 3.81. The van der Waals surface area contributed by atoms with Gasteiger partial charge in [0.25, 0.3) is 0 Å². The summed E-state index contributed by atoms with van der Waals surface area (Å²) in [5.41, 5.74) is 1.13. The topological polar surface area (TPSA) is 15.3 Å². The molecule has 1 aromatic rings. The molecule has 18 heavy (non-hydrogen) atoms. The van der Waals surface area contributed by atoms with E-state index in [2.05, 4.69) is 10.2 Å². The second kappa shape index (κ2) is 5.38. The summed E-state index contributed by atoms with van der Waals surface area (Å²) in [6.45, 7) is 3.27. The maximum absolute atomic E-state index is 6.17. The van der Waals surface area contributed by atoms with Crippen LogP contribution in [0, 0.1) is 0 Å². The molecular formula is C14H18Cl2N2. The van der Waals surface area contributed by atoms with E-state index in [0.717, 1.165) is 23.2 Å². The fraction of sp³-hybridized carbons (Fsp3) is 0.571. The normalized spacial score (nSPS) is 24.7. The molecule has 0 bridgehead atoms. The van der Waals surface area contributed by atoms with Gasteiger partial charge in [-0.25, -0.2) is 0 Å². The van der Waals surface area contributed by atoms with E-state index in [1.54, 1.807) is 0 Å². The van der Waals surface area contributed by atoms with Crippen LogP contribution in [0.3, 0.4) is 0 Å². The molecule has 1 unspecified atom stereocenters. The van der Waals surface area contributed by atoms with Crippen LogP contribution < -0.4 is 5.32 Å². The molecule has 0 aromatic heterocycles. The van der Waals surface area contributed by atoms with Gasteiger partial charge in [0.1, 0.15) is 0 Å². The number of hydrogen-bond acceptors (Lipinski definition) is 2. The molecule has 4 heteroatoms. The van der Waals surface area contributed by atoms with Crippen LogP contribution in [0.4, 0.5) is 0 Å². The zero-order chi connectivity index (χ0) is 12.5. The van der Waals surface area contributed by atoms with E-state index in [4.69, 9.17) is 23.2 Å². The van der Waals surface area contributed by atoms with Crippen LogP contribution in [-0.2, 0) is 6.54 Å². The molecule has 2 aliphatic rings. The quantitative estimate of drug-likeness (QED) is 0.913. The lowest BCUT2D eigenvalue weighted by Crippen LogP contribution is -2.32. The van der Waals surface area contributed by atoms with Crippen molar-refractivity contribution >= 4 is 23.2 Å². The van der Waals surface area contributed by atoms with E-state index in [9.17, 15) is 0 Å². The number of nitrogens with zero attached hydrogens (tertiary/aromatic N) is 1. The molecule has 0 amide bonds. The lowest BCUT2D eigenvalue weighted by atomic mass is 10.2. The van der Waals surface area contributed by atoms with Crippen molar-refractivity contribution in [2.45, 2.75) is 37.9 Å². The summed E-state index contributed by atoms with van der Waals surface area (Å²) in [5.74, 6) is 0. The summed E-state index contributed by atoms with van der Waals surface area (Å²) in [5, 5.41) is 5.06. The van der Waals surface area contributed by atoms with Crippen molar-refractivity contribution in [3.63, 3.8) is 0 Å². The average molecular weight is 285 g/mol. The molecule has 1 aliphatic carbocycles. The van der Waals surface area contributed by atoms with E-state index in [1.165, 1.54) is 32.4 Å². The summed E-state index contributed by atoms with van der Waals surface area (Å²) in [4.78, 5) is 2.61. The predicted octanol–water partition coefficient (Wildman–Crippen LogP) is 3.32. The van der Waals surface area contributed by atoms with Gasteiger partial charge in [0.15, 0.2) is 0 Å². The molecule has 1 aromatic carbocycles. The van der Waals surface area contributed by atoms with Gasteiger partial charge in [0, 0.05) is 41.8 Å². The summed E-state index contributed by atoms with van der Waals surface area (Å²) < 4.78 is 0. The molecule has 1 atom stereocenters. The van der Waals surface area contributed by atoms with E-state index in [-0.39, 0.29) is 0 Å². The van der Waals surface area contributed by atoms with Crippen molar-refractivity contribution in [1.29, 1.82) is 0 Å². The second-order valence-corrected chi connectivity index (χ2v) is 6.17. The highest BCUT2D eigenvalue weighted by molar-refractivity contribution is 6.35. The Bertz CT molecular complexity index is 432. The van der Waals surface area contributed by atoms with E-state index in [0.29, 0.717) is 11.1 Å². The number of halogens is 2. The van der Waals surface area contributed by atoms with Gasteiger partial charge in [-0.1, -0.05) is 29.3 Å². The van der Waals surface area contributed by atoms with Crippen LogP contribution >= 0.6 is 23.2 Å². The first-order valence-corrected chi connectivity index (χ1v) is 7.39. The van der Waals surface area contributed by atoms with Gasteiger partial charge in [-0.15, -0.1) is 0 Å². The van der Waals surface area contributed by atoms with Crippen molar-refractivity contribution in [1.82, 2.24) is 10.2 Å². The van der Waals surface area contributed by atoms with Gasteiger partial charge < -0.3 is 5.32 Å². The van der Waals surface area contributed by atoms with E-state index >= 15 is 0 Å².